The Morgan fingerprint density at radius 3 is 2.75 bits per heavy atom. The van der Waals surface area contributed by atoms with Crippen molar-refractivity contribution < 1.29 is 9.90 Å². The van der Waals surface area contributed by atoms with Gasteiger partial charge in [0.25, 0.3) is 0 Å². The van der Waals surface area contributed by atoms with Crippen molar-refractivity contribution in [1.82, 2.24) is 9.88 Å². The molecule has 126 valence electrons. The van der Waals surface area contributed by atoms with Crippen LogP contribution in [0.25, 0.3) is 0 Å². The maximum Gasteiger partial charge on any atom is 0.307 e. The molecule has 3 rings (SSSR count). The van der Waals surface area contributed by atoms with E-state index in [1.807, 2.05) is 30.5 Å². The number of rotatable bonds is 4. The third-order valence-electron chi connectivity index (χ3n) is 4.43. The summed E-state index contributed by atoms with van der Waals surface area (Å²) in [7, 11) is 0. The molecule has 0 spiro atoms. The Bertz CT molecular complexity index is 724. The van der Waals surface area contributed by atoms with Crippen molar-refractivity contribution in [3.63, 3.8) is 0 Å². The minimum Gasteiger partial charge on any atom is -0.481 e. The lowest BCUT2D eigenvalue weighted by Gasteiger charge is -2.37. The van der Waals surface area contributed by atoms with Crippen LogP contribution in [0, 0.1) is 5.92 Å². The first-order chi connectivity index (χ1) is 11.6. The van der Waals surface area contributed by atoms with E-state index in [4.69, 9.17) is 23.2 Å². The van der Waals surface area contributed by atoms with E-state index in [1.165, 1.54) is 0 Å². The van der Waals surface area contributed by atoms with Crippen LogP contribution in [0.2, 0.25) is 10.0 Å². The zero-order valence-corrected chi connectivity index (χ0v) is 14.5. The zero-order chi connectivity index (χ0) is 17.1. The molecule has 0 aliphatic carbocycles. The Kier molecular flexibility index (Phi) is 5.39. The molecular weight excluding hydrogens is 347 g/mol. The molecule has 1 N–H and O–H groups in total. The fourth-order valence-corrected chi connectivity index (χ4v) is 3.58. The van der Waals surface area contributed by atoms with Crippen molar-refractivity contribution >= 4 is 29.2 Å². The van der Waals surface area contributed by atoms with Gasteiger partial charge in [0.1, 0.15) is 0 Å². The predicted molar refractivity (Wildman–Crippen MR) is 94.5 cm³/mol. The number of carboxylic acid groups (broad SMARTS) is 1. The summed E-state index contributed by atoms with van der Waals surface area (Å²) in [5, 5.41) is 10.4. The van der Waals surface area contributed by atoms with Crippen LogP contribution in [-0.4, -0.2) is 34.0 Å². The number of halogens is 2. The maximum atomic E-state index is 11.4. The average Bonchev–Trinajstić information content (AvgIpc) is 2.59. The Hall–Kier alpha value is -1.62. The first-order valence-corrected chi connectivity index (χ1v) is 8.63. The first-order valence-electron chi connectivity index (χ1n) is 7.88. The number of pyridine rings is 1. The fraction of sp³-hybridized carbons (Fsp3) is 0.333. The number of carboxylic acids is 1. The van der Waals surface area contributed by atoms with E-state index in [1.54, 1.807) is 12.3 Å². The summed E-state index contributed by atoms with van der Waals surface area (Å²) < 4.78 is 0. The molecule has 1 saturated heterocycles. The van der Waals surface area contributed by atoms with Gasteiger partial charge in [-0.2, -0.15) is 0 Å². The number of hydrogen-bond donors (Lipinski definition) is 1. The number of likely N-dealkylation sites (tertiary alicyclic amines) is 1. The molecular formula is C18H18Cl2N2O2. The first kappa shape index (κ1) is 17.2. The Morgan fingerprint density at radius 1 is 1.25 bits per heavy atom. The number of hydrogen-bond acceptors (Lipinski definition) is 3. The van der Waals surface area contributed by atoms with Gasteiger partial charge in [-0.15, -0.1) is 0 Å². The topological polar surface area (TPSA) is 53.4 Å². The van der Waals surface area contributed by atoms with Crippen molar-refractivity contribution in [2.75, 3.05) is 13.1 Å². The van der Waals surface area contributed by atoms with E-state index in [2.05, 4.69) is 9.88 Å². The highest BCUT2D eigenvalue weighted by atomic mass is 35.5. The van der Waals surface area contributed by atoms with Gasteiger partial charge in [0.2, 0.25) is 0 Å². The molecule has 2 heterocycles. The summed E-state index contributed by atoms with van der Waals surface area (Å²) >= 11 is 12.2. The minimum absolute atomic E-state index is 0.0874. The van der Waals surface area contributed by atoms with E-state index in [0.717, 1.165) is 24.1 Å². The van der Waals surface area contributed by atoms with Crippen molar-refractivity contribution in [2.45, 2.75) is 18.9 Å². The molecule has 2 aromatic rings. The third kappa shape index (κ3) is 3.72. The van der Waals surface area contributed by atoms with Crippen molar-refractivity contribution in [3.8, 4) is 0 Å². The largest absolute Gasteiger partial charge is 0.481 e. The van der Waals surface area contributed by atoms with Gasteiger partial charge in [0.15, 0.2) is 0 Å². The monoisotopic (exact) mass is 364 g/mol. The summed E-state index contributed by atoms with van der Waals surface area (Å²) in [6.45, 7) is 1.35. The van der Waals surface area contributed by atoms with Crippen LogP contribution in [0.1, 0.15) is 30.0 Å². The number of piperidine rings is 1. The van der Waals surface area contributed by atoms with Gasteiger partial charge in [-0.3, -0.25) is 14.7 Å². The highest BCUT2D eigenvalue weighted by molar-refractivity contribution is 6.42. The molecule has 0 amide bonds. The molecule has 0 radical (unpaired) electrons. The maximum absolute atomic E-state index is 11.4. The van der Waals surface area contributed by atoms with Crippen LogP contribution in [0.5, 0.6) is 0 Å². The lowest BCUT2D eigenvalue weighted by atomic mass is 9.92. The van der Waals surface area contributed by atoms with E-state index >= 15 is 0 Å². The summed E-state index contributed by atoms with van der Waals surface area (Å²) in [6.07, 6.45) is 5.12. The van der Waals surface area contributed by atoms with E-state index in [-0.39, 0.29) is 12.0 Å². The predicted octanol–water partition coefficient (Wildman–Crippen LogP) is 4.27. The standard InChI is InChI=1S/C18H18Cl2N2O2/c19-15-6-5-12(9-16(15)20)17(13-3-1-7-21-10-13)22-8-2-4-14(11-22)18(23)24/h1,3,5-7,9-10,14,17H,2,4,8,11H2,(H,23,24). The number of nitrogens with zero attached hydrogens (tertiary/aromatic N) is 2. The molecule has 1 aliphatic heterocycles. The number of carbonyl (C=O) groups is 1. The van der Waals surface area contributed by atoms with E-state index < -0.39 is 5.97 Å². The van der Waals surface area contributed by atoms with Gasteiger partial charge in [0, 0.05) is 18.9 Å². The van der Waals surface area contributed by atoms with Crippen LogP contribution in [0.3, 0.4) is 0 Å². The molecule has 1 aromatic carbocycles. The summed E-state index contributed by atoms with van der Waals surface area (Å²) in [4.78, 5) is 17.8. The third-order valence-corrected chi connectivity index (χ3v) is 5.17. The van der Waals surface area contributed by atoms with Crippen molar-refractivity contribution in [2.24, 2.45) is 5.92 Å². The average molecular weight is 365 g/mol. The van der Waals surface area contributed by atoms with E-state index in [0.29, 0.717) is 23.0 Å². The molecule has 24 heavy (non-hydrogen) atoms. The van der Waals surface area contributed by atoms with Crippen molar-refractivity contribution in [3.05, 3.63) is 63.9 Å². The minimum atomic E-state index is -0.737. The van der Waals surface area contributed by atoms with Gasteiger partial charge < -0.3 is 5.11 Å². The van der Waals surface area contributed by atoms with Gasteiger partial charge >= 0.3 is 5.97 Å². The second-order valence-corrected chi connectivity index (χ2v) is 6.85. The Balaban J connectivity index is 1.99. The molecule has 4 nitrogen and oxygen atoms in total. The summed E-state index contributed by atoms with van der Waals surface area (Å²) in [5.41, 5.74) is 2.00. The number of benzene rings is 1. The zero-order valence-electron chi connectivity index (χ0n) is 13.0. The van der Waals surface area contributed by atoms with Crippen LogP contribution < -0.4 is 0 Å². The second-order valence-electron chi connectivity index (χ2n) is 6.03. The lowest BCUT2D eigenvalue weighted by molar-refractivity contribution is -0.143. The molecule has 1 aromatic heterocycles. The molecule has 6 heteroatoms. The highest BCUT2D eigenvalue weighted by Crippen LogP contribution is 2.35. The van der Waals surface area contributed by atoms with Crippen LogP contribution in [0.4, 0.5) is 0 Å². The van der Waals surface area contributed by atoms with Gasteiger partial charge in [-0.25, -0.2) is 0 Å². The summed E-state index contributed by atoms with van der Waals surface area (Å²) in [6, 6.07) is 9.38. The van der Waals surface area contributed by atoms with Crippen LogP contribution in [-0.2, 0) is 4.79 Å². The van der Waals surface area contributed by atoms with Gasteiger partial charge in [-0.05, 0) is 48.7 Å². The smallest absolute Gasteiger partial charge is 0.307 e. The SMILES string of the molecule is O=C(O)C1CCCN(C(c2cccnc2)c2ccc(Cl)c(Cl)c2)C1. The molecule has 1 aliphatic rings. The molecule has 2 atom stereocenters. The molecule has 1 fully saturated rings. The second kappa shape index (κ2) is 7.51. The van der Waals surface area contributed by atoms with Gasteiger partial charge in [-0.1, -0.05) is 35.3 Å². The van der Waals surface area contributed by atoms with Gasteiger partial charge in [0.05, 0.1) is 22.0 Å². The normalized spacial score (nSPS) is 19.8. The lowest BCUT2D eigenvalue weighted by Crippen LogP contribution is -2.41. The fourth-order valence-electron chi connectivity index (χ4n) is 3.28. The highest BCUT2D eigenvalue weighted by Gasteiger charge is 2.31. The molecule has 2 unspecified atom stereocenters. The molecule has 0 bridgehead atoms. The van der Waals surface area contributed by atoms with Crippen LogP contribution in [0.15, 0.2) is 42.7 Å². The Morgan fingerprint density at radius 2 is 2.08 bits per heavy atom. The number of aliphatic carboxylic acids is 1. The summed E-state index contributed by atoms with van der Waals surface area (Å²) in [5.74, 6) is -1.08. The molecule has 0 saturated carbocycles. The van der Waals surface area contributed by atoms with E-state index in [9.17, 15) is 9.90 Å². The number of aromatic nitrogens is 1. The Labute approximate surface area is 151 Å². The quantitative estimate of drug-likeness (QED) is 0.879. The van der Waals surface area contributed by atoms with Crippen LogP contribution >= 0.6 is 23.2 Å². The van der Waals surface area contributed by atoms with Crippen molar-refractivity contribution in [1.29, 1.82) is 0 Å².